The zero-order valence-corrected chi connectivity index (χ0v) is 17.1. The number of halogens is 1. The highest BCUT2D eigenvalue weighted by Gasteiger charge is 2.20. The molecule has 0 aliphatic carbocycles. The summed E-state index contributed by atoms with van der Waals surface area (Å²) < 4.78 is 20.2. The van der Waals surface area contributed by atoms with Gasteiger partial charge in [-0.25, -0.2) is 4.39 Å². The topological polar surface area (TPSA) is 47.8 Å². The Hall–Kier alpha value is -3.99. The summed E-state index contributed by atoms with van der Waals surface area (Å²) in [6, 6.07) is 18.0. The van der Waals surface area contributed by atoms with Crippen LogP contribution in [0.1, 0.15) is 37.5 Å². The lowest BCUT2D eigenvalue weighted by Gasteiger charge is -2.04. The maximum Gasteiger partial charge on any atom is 0.210 e. The van der Waals surface area contributed by atoms with Crippen molar-refractivity contribution in [3.8, 4) is 5.75 Å². The van der Waals surface area contributed by atoms with Crippen molar-refractivity contribution in [3.05, 3.63) is 113 Å². The molecule has 4 aromatic rings. The second-order valence-electron chi connectivity index (χ2n) is 7.11. The highest BCUT2D eigenvalue weighted by atomic mass is 19.1. The van der Waals surface area contributed by atoms with Crippen LogP contribution < -0.4 is 4.74 Å². The minimum absolute atomic E-state index is 0.149. The van der Waals surface area contributed by atoms with Crippen LogP contribution in [-0.2, 0) is 0 Å². The number of hydrogen-bond donors (Lipinski definition) is 0. The van der Waals surface area contributed by atoms with Crippen molar-refractivity contribution in [2.75, 3.05) is 7.11 Å². The Balaban J connectivity index is 1.74. The summed E-state index contributed by atoms with van der Waals surface area (Å²) in [6.45, 7) is 1.85. The smallest absolute Gasteiger partial charge is 0.210 e. The van der Waals surface area contributed by atoms with Crippen molar-refractivity contribution in [1.82, 2.24) is 4.40 Å². The van der Waals surface area contributed by atoms with Gasteiger partial charge in [0.25, 0.3) is 0 Å². The lowest BCUT2D eigenvalue weighted by molar-refractivity contribution is 0.102. The third-order valence-corrected chi connectivity index (χ3v) is 5.23. The third-order valence-electron chi connectivity index (χ3n) is 5.23. The monoisotopic (exact) mass is 413 g/mol. The predicted octanol–water partition coefficient (Wildman–Crippen LogP) is 5.52. The van der Waals surface area contributed by atoms with Gasteiger partial charge >= 0.3 is 0 Å². The van der Waals surface area contributed by atoms with Crippen molar-refractivity contribution < 1.29 is 18.7 Å². The van der Waals surface area contributed by atoms with E-state index in [1.165, 1.54) is 30.3 Å². The second-order valence-corrected chi connectivity index (χ2v) is 7.11. The second kappa shape index (κ2) is 8.40. The van der Waals surface area contributed by atoms with Gasteiger partial charge < -0.3 is 9.14 Å². The van der Waals surface area contributed by atoms with Crippen LogP contribution in [0.2, 0.25) is 0 Å². The molecule has 4 rings (SSSR count). The van der Waals surface area contributed by atoms with E-state index >= 15 is 0 Å². The number of carbonyl (C=O) groups is 2. The highest BCUT2D eigenvalue weighted by molar-refractivity contribution is 6.11. The molecule has 0 aliphatic rings. The van der Waals surface area contributed by atoms with E-state index in [-0.39, 0.29) is 11.6 Å². The van der Waals surface area contributed by atoms with Crippen molar-refractivity contribution in [3.63, 3.8) is 0 Å². The molecule has 0 bridgehead atoms. The molecule has 2 aromatic heterocycles. The Kier molecular flexibility index (Phi) is 5.50. The fourth-order valence-electron chi connectivity index (χ4n) is 3.60. The molecule has 154 valence electrons. The molecule has 0 saturated carbocycles. The van der Waals surface area contributed by atoms with E-state index in [1.807, 2.05) is 31.3 Å². The molecule has 31 heavy (non-hydrogen) atoms. The Morgan fingerprint density at radius 3 is 2.29 bits per heavy atom. The fraction of sp³-hybridized carbons (Fsp3) is 0.0769. The average molecular weight is 413 g/mol. The summed E-state index contributed by atoms with van der Waals surface area (Å²) in [5.74, 6) is -0.0729. The average Bonchev–Trinajstić information content (AvgIpc) is 3.08. The number of ether oxygens (including phenoxy) is 1. The Morgan fingerprint density at radius 2 is 1.61 bits per heavy atom. The summed E-state index contributed by atoms with van der Waals surface area (Å²) in [7, 11) is 1.57. The van der Waals surface area contributed by atoms with Crippen molar-refractivity contribution in [1.29, 1.82) is 0 Å². The fourth-order valence-corrected chi connectivity index (χ4v) is 3.60. The standard InChI is InChI=1S/C26H20FNO3/c1-17-22(14-15-24(29)18-8-12-21(31-2)13-9-18)23-5-3-4-16-28(23)25(17)26(30)19-6-10-20(27)11-7-19/h3-16H,1-2H3/b15-14+. The van der Waals surface area contributed by atoms with Gasteiger partial charge in [0.1, 0.15) is 11.6 Å². The van der Waals surface area contributed by atoms with E-state index in [9.17, 15) is 14.0 Å². The Bertz CT molecular complexity index is 1300. The van der Waals surface area contributed by atoms with E-state index in [2.05, 4.69) is 0 Å². The van der Waals surface area contributed by atoms with Gasteiger partial charge in [-0.3, -0.25) is 9.59 Å². The van der Waals surface area contributed by atoms with E-state index in [1.54, 1.807) is 41.9 Å². The summed E-state index contributed by atoms with van der Waals surface area (Å²) >= 11 is 0. The summed E-state index contributed by atoms with van der Waals surface area (Å²) in [5, 5.41) is 0. The number of methoxy groups -OCH3 is 1. The van der Waals surface area contributed by atoms with Gasteiger partial charge in [-0.05, 0) is 85.3 Å². The molecule has 0 aliphatic heterocycles. The normalized spacial score (nSPS) is 11.2. The van der Waals surface area contributed by atoms with Gasteiger partial charge in [-0.2, -0.15) is 0 Å². The number of fused-ring (bicyclic) bond motifs is 1. The quantitative estimate of drug-likeness (QED) is 0.309. The van der Waals surface area contributed by atoms with Gasteiger partial charge in [0, 0.05) is 22.9 Å². The molecule has 0 unspecified atom stereocenters. The molecule has 4 nitrogen and oxygen atoms in total. The van der Waals surface area contributed by atoms with Crippen LogP contribution in [0.15, 0.2) is 79.0 Å². The van der Waals surface area contributed by atoms with Crippen LogP contribution >= 0.6 is 0 Å². The first-order valence-electron chi connectivity index (χ1n) is 9.76. The highest BCUT2D eigenvalue weighted by Crippen LogP contribution is 2.27. The van der Waals surface area contributed by atoms with Crippen LogP contribution in [-0.4, -0.2) is 23.1 Å². The molecule has 0 atom stereocenters. The Labute approximate surface area is 179 Å². The number of ketones is 2. The van der Waals surface area contributed by atoms with E-state index in [0.29, 0.717) is 22.6 Å². The lowest BCUT2D eigenvalue weighted by Crippen LogP contribution is -2.06. The van der Waals surface area contributed by atoms with E-state index in [0.717, 1.165) is 16.6 Å². The first-order chi connectivity index (χ1) is 15.0. The van der Waals surface area contributed by atoms with Crippen molar-refractivity contribution in [2.45, 2.75) is 6.92 Å². The van der Waals surface area contributed by atoms with Crippen molar-refractivity contribution in [2.24, 2.45) is 0 Å². The first-order valence-corrected chi connectivity index (χ1v) is 9.76. The number of carbonyl (C=O) groups excluding carboxylic acids is 2. The zero-order chi connectivity index (χ0) is 22.0. The number of rotatable bonds is 6. The van der Waals surface area contributed by atoms with Gasteiger partial charge in [0.15, 0.2) is 5.78 Å². The van der Waals surface area contributed by atoms with Gasteiger partial charge in [0.2, 0.25) is 5.78 Å². The van der Waals surface area contributed by atoms with Crippen LogP contribution in [0.25, 0.3) is 11.6 Å². The molecule has 0 amide bonds. The molecular formula is C26H20FNO3. The van der Waals surface area contributed by atoms with Crippen LogP contribution in [0.5, 0.6) is 5.75 Å². The maximum absolute atomic E-state index is 13.3. The lowest BCUT2D eigenvalue weighted by atomic mass is 10.0. The molecular weight excluding hydrogens is 393 g/mol. The molecule has 0 N–H and O–H groups in total. The van der Waals surface area contributed by atoms with Gasteiger partial charge in [0.05, 0.1) is 18.3 Å². The number of pyridine rings is 1. The van der Waals surface area contributed by atoms with Crippen LogP contribution in [0.3, 0.4) is 0 Å². The zero-order valence-electron chi connectivity index (χ0n) is 17.1. The molecule has 5 heteroatoms. The number of benzene rings is 2. The first kappa shape index (κ1) is 20.3. The summed E-state index contributed by atoms with van der Waals surface area (Å²) in [6.07, 6.45) is 5.05. The largest absolute Gasteiger partial charge is 0.497 e. The summed E-state index contributed by atoms with van der Waals surface area (Å²) in [4.78, 5) is 25.8. The number of hydrogen-bond acceptors (Lipinski definition) is 3. The molecule has 2 aromatic carbocycles. The van der Waals surface area contributed by atoms with E-state index < -0.39 is 5.82 Å². The molecule has 0 spiro atoms. The number of nitrogens with zero attached hydrogens (tertiary/aromatic N) is 1. The minimum atomic E-state index is -0.394. The van der Waals surface area contributed by atoms with E-state index in [4.69, 9.17) is 4.74 Å². The van der Waals surface area contributed by atoms with Gasteiger partial charge in [-0.1, -0.05) is 6.07 Å². The molecule has 2 heterocycles. The molecule has 0 fully saturated rings. The molecule has 0 radical (unpaired) electrons. The number of aromatic nitrogens is 1. The van der Waals surface area contributed by atoms with Crippen molar-refractivity contribution >= 4 is 23.2 Å². The minimum Gasteiger partial charge on any atom is -0.497 e. The predicted molar refractivity (Wildman–Crippen MR) is 118 cm³/mol. The van der Waals surface area contributed by atoms with Gasteiger partial charge in [-0.15, -0.1) is 0 Å². The summed E-state index contributed by atoms with van der Waals surface area (Å²) in [5.41, 5.74) is 3.77. The third kappa shape index (κ3) is 3.90. The SMILES string of the molecule is COc1ccc(C(=O)/C=C/c2c(C)c(C(=O)c3ccc(F)cc3)n3ccccc23)cc1. The maximum atomic E-state index is 13.3. The van der Waals surface area contributed by atoms with Crippen LogP contribution in [0.4, 0.5) is 4.39 Å². The number of allylic oxidation sites excluding steroid dienone is 1. The Morgan fingerprint density at radius 1 is 0.935 bits per heavy atom. The van der Waals surface area contributed by atoms with Crippen LogP contribution in [0, 0.1) is 12.7 Å². The molecule has 0 saturated heterocycles.